The first kappa shape index (κ1) is 12.1. The van der Waals surface area contributed by atoms with Crippen LogP contribution in [0.2, 0.25) is 0 Å². The Hall–Kier alpha value is -1.36. The fourth-order valence-electron chi connectivity index (χ4n) is 2.59. The maximum absolute atomic E-state index is 11.9. The lowest BCUT2D eigenvalue weighted by Gasteiger charge is -2.25. The summed E-state index contributed by atoms with van der Waals surface area (Å²) in [4.78, 5) is 13.8. The maximum Gasteiger partial charge on any atom is 0.224 e. The Morgan fingerprint density at radius 2 is 2.29 bits per heavy atom. The van der Waals surface area contributed by atoms with E-state index in [0.717, 1.165) is 24.2 Å². The van der Waals surface area contributed by atoms with Crippen LogP contribution in [0.5, 0.6) is 0 Å². The van der Waals surface area contributed by atoms with Crippen molar-refractivity contribution in [3.63, 3.8) is 0 Å². The molecule has 1 aliphatic rings. The third-order valence-electron chi connectivity index (χ3n) is 3.27. The molecule has 1 aromatic heterocycles. The molecule has 17 heavy (non-hydrogen) atoms. The Kier molecular flexibility index (Phi) is 3.19. The highest BCUT2D eigenvalue weighted by Crippen LogP contribution is 2.32. The molecule has 0 unspecified atom stereocenters. The van der Waals surface area contributed by atoms with Crippen molar-refractivity contribution in [2.75, 3.05) is 6.54 Å². The van der Waals surface area contributed by atoms with Crippen molar-refractivity contribution in [3.05, 3.63) is 17.5 Å². The van der Waals surface area contributed by atoms with E-state index in [4.69, 9.17) is 5.73 Å². The predicted molar refractivity (Wildman–Crippen MR) is 65.3 cm³/mol. The van der Waals surface area contributed by atoms with Crippen molar-refractivity contribution in [2.24, 2.45) is 12.8 Å². The molecule has 1 aliphatic heterocycles. The van der Waals surface area contributed by atoms with Crippen molar-refractivity contribution in [1.82, 2.24) is 14.7 Å². The Bertz CT molecular complexity index is 426. The number of hydrogen-bond acceptors (Lipinski definition) is 3. The first-order valence-electron chi connectivity index (χ1n) is 6.09. The fourth-order valence-corrected chi connectivity index (χ4v) is 2.59. The molecule has 0 spiro atoms. The standard InChI is InChI=1S/C12H20N4O/c1-4-5-16-10(17)6-9(13)12(16)11-8(2)7-15(3)14-11/h7,9,12H,4-6,13H2,1-3H3/t9-,12-/m0/s1. The van der Waals surface area contributed by atoms with E-state index in [1.54, 1.807) is 4.68 Å². The number of rotatable bonds is 3. The Labute approximate surface area is 102 Å². The van der Waals surface area contributed by atoms with Gasteiger partial charge in [-0.15, -0.1) is 0 Å². The summed E-state index contributed by atoms with van der Waals surface area (Å²) in [5.74, 6) is 0.148. The molecule has 1 saturated heterocycles. The summed E-state index contributed by atoms with van der Waals surface area (Å²) < 4.78 is 1.78. The van der Waals surface area contributed by atoms with Crippen molar-refractivity contribution >= 4 is 5.91 Å². The monoisotopic (exact) mass is 236 g/mol. The lowest BCUT2D eigenvalue weighted by Crippen LogP contribution is -2.34. The van der Waals surface area contributed by atoms with Crippen LogP contribution < -0.4 is 5.73 Å². The quantitative estimate of drug-likeness (QED) is 0.842. The minimum absolute atomic E-state index is 0.0522. The molecule has 0 bridgehead atoms. The summed E-state index contributed by atoms with van der Waals surface area (Å²) in [5.41, 5.74) is 8.13. The molecule has 2 N–H and O–H groups in total. The predicted octanol–water partition coefficient (Wildman–Crippen LogP) is 0.739. The van der Waals surface area contributed by atoms with E-state index in [9.17, 15) is 4.79 Å². The molecule has 5 heteroatoms. The minimum Gasteiger partial charge on any atom is -0.332 e. The third kappa shape index (κ3) is 2.07. The molecule has 0 aliphatic carbocycles. The van der Waals surface area contributed by atoms with Crippen LogP contribution in [0.15, 0.2) is 6.20 Å². The van der Waals surface area contributed by atoms with E-state index in [-0.39, 0.29) is 18.0 Å². The van der Waals surface area contributed by atoms with Crippen molar-refractivity contribution in [2.45, 2.75) is 38.8 Å². The van der Waals surface area contributed by atoms with Gasteiger partial charge in [-0.05, 0) is 18.9 Å². The third-order valence-corrected chi connectivity index (χ3v) is 3.27. The van der Waals surface area contributed by atoms with E-state index in [0.29, 0.717) is 6.42 Å². The average molecular weight is 236 g/mol. The number of carbonyl (C=O) groups excluding carboxylic acids is 1. The second-order valence-electron chi connectivity index (χ2n) is 4.77. The van der Waals surface area contributed by atoms with E-state index in [1.165, 1.54) is 0 Å². The zero-order valence-corrected chi connectivity index (χ0v) is 10.7. The summed E-state index contributed by atoms with van der Waals surface area (Å²) in [7, 11) is 1.89. The van der Waals surface area contributed by atoms with E-state index in [1.807, 2.05) is 25.1 Å². The minimum atomic E-state index is -0.136. The molecule has 94 valence electrons. The highest BCUT2D eigenvalue weighted by molar-refractivity contribution is 5.80. The van der Waals surface area contributed by atoms with Gasteiger partial charge in [0.05, 0.1) is 11.7 Å². The smallest absolute Gasteiger partial charge is 0.224 e. The molecule has 1 aromatic rings. The van der Waals surface area contributed by atoms with Gasteiger partial charge in [-0.2, -0.15) is 5.10 Å². The molecular weight excluding hydrogens is 216 g/mol. The van der Waals surface area contributed by atoms with Gasteiger partial charge in [-0.3, -0.25) is 9.48 Å². The zero-order valence-electron chi connectivity index (χ0n) is 10.7. The van der Waals surface area contributed by atoms with Gasteiger partial charge in [0.25, 0.3) is 0 Å². The van der Waals surface area contributed by atoms with Crippen LogP contribution in [0.4, 0.5) is 0 Å². The second-order valence-corrected chi connectivity index (χ2v) is 4.77. The fraction of sp³-hybridized carbons (Fsp3) is 0.667. The number of hydrogen-bond donors (Lipinski definition) is 1. The SMILES string of the molecule is CCCN1C(=O)C[C@H](N)[C@H]1c1nn(C)cc1C. The van der Waals surface area contributed by atoms with Gasteiger partial charge >= 0.3 is 0 Å². The van der Waals surface area contributed by atoms with Gasteiger partial charge in [0.15, 0.2) is 0 Å². The highest BCUT2D eigenvalue weighted by atomic mass is 16.2. The van der Waals surface area contributed by atoms with Crippen LogP contribution in [-0.4, -0.2) is 33.2 Å². The van der Waals surface area contributed by atoms with Gasteiger partial charge in [-0.1, -0.05) is 6.92 Å². The Morgan fingerprint density at radius 3 is 2.82 bits per heavy atom. The second kappa shape index (κ2) is 4.49. The number of nitrogens with zero attached hydrogens (tertiary/aromatic N) is 3. The number of aryl methyl sites for hydroxylation is 2. The lowest BCUT2D eigenvalue weighted by molar-refractivity contribution is -0.129. The lowest BCUT2D eigenvalue weighted by atomic mass is 10.0. The Morgan fingerprint density at radius 1 is 1.59 bits per heavy atom. The molecule has 0 aromatic carbocycles. The van der Waals surface area contributed by atoms with Crippen LogP contribution >= 0.6 is 0 Å². The van der Waals surface area contributed by atoms with E-state index in [2.05, 4.69) is 12.0 Å². The van der Waals surface area contributed by atoms with Crippen LogP contribution in [0.1, 0.15) is 37.1 Å². The highest BCUT2D eigenvalue weighted by Gasteiger charge is 2.40. The van der Waals surface area contributed by atoms with E-state index >= 15 is 0 Å². The van der Waals surface area contributed by atoms with Crippen LogP contribution in [0, 0.1) is 6.92 Å². The largest absolute Gasteiger partial charge is 0.332 e. The van der Waals surface area contributed by atoms with Gasteiger partial charge in [-0.25, -0.2) is 0 Å². The number of likely N-dealkylation sites (tertiary alicyclic amines) is 1. The molecule has 1 amide bonds. The van der Waals surface area contributed by atoms with Crippen LogP contribution in [-0.2, 0) is 11.8 Å². The van der Waals surface area contributed by atoms with E-state index < -0.39 is 0 Å². The molecule has 2 rings (SSSR count). The van der Waals surface area contributed by atoms with Crippen molar-refractivity contribution < 1.29 is 4.79 Å². The molecule has 0 radical (unpaired) electrons. The number of amides is 1. The average Bonchev–Trinajstić information content (AvgIpc) is 2.69. The van der Waals surface area contributed by atoms with Crippen LogP contribution in [0.25, 0.3) is 0 Å². The number of nitrogens with two attached hydrogens (primary N) is 1. The van der Waals surface area contributed by atoms with Gasteiger partial charge in [0, 0.05) is 32.3 Å². The molecule has 0 saturated carbocycles. The topological polar surface area (TPSA) is 64.2 Å². The maximum atomic E-state index is 11.9. The molecule has 5 nitrogen and oxygen atoms in total. The molecular formula is C12H20N4O. The number of aromatic nitrogens is 2. The number of carbonyl (C=O) groups is 1. The first-order valence-corrected chi connectivity index (χ1v) is 6.09. The molecule has 2 atom stereocenters. The summed E-state index contributed by atoms with van der Waals surface area (Å²) in [6.07, 6.45) is 3.34. The van der Waals surface area contributed by atoms with Gasteiger partial charge in [0.2, 0.25) is 5.91 Å². The van der Waals surface area contributed by atoms with Crippen molar-refractivity contribution in [3.8, 4) is 0 Å². The zero-order chi connectivity index (χ0) is 12.6. The van der Waals surface area contributed by atoms with Gasteiger partial charge in [0.1, 0.15) is 0 Å². The van der Waals surface area contributed by atoms with Crippen molar-refractivity contribution in [1.29, 1.82) is 0 Å². The summed E-state index contributed by atoms with van der Waals surface area (Å²) in [5, 5.41) is 4.45. The normalized spacial score (nSPS) is 24.7. The summed E-state index contributed by atoms with van der Waals surface area (Å²) in [6, 6.07) is -0.189. The molecule has 2 heterocycles. The van der Waals surface area contributed by atoms with Crippen LogP contribution in [0.3, 0.4) is 0 Å². The Balaban J connectivity index is 2.34. The van der Waals surface area contributed by atoms with Gasteiger partial charge < -0.3 is 10.6 Å². The summed E-state index contributed by atoms with van der Waals surface area (Å²) in [6.45, 7) is 4.84. The summed E-state index contributed by atoms with van der Waals surface area (Å²) >= 11 is 0. The first-order chi connectivity index (χ1) is 8.04. The molecule has 1 fully saturated rings.